The Morgan fingerprint density at radius 3 is 2.28 bits per heavy atom. The van der Waals surface area contributed by atoms with Gasteiger partial charge in [-0.05, 0) is 42.5 Å². The first-order valence-electron chi connectivity index (χ1n) is 5.15. The third-order valence-corrected chi connectivity index (χ3v) is 2.35. The van der Waals surface area contributed by atoms with Crippen LogP contribution in [0.25, 0.3) is 0 Å². The maximum atomic E-state index is 13.2. The van der Waals surface area contributed by atoms with Crippen molar-refractivity contribution in [1.29, 1.82) is 0 Å². The molecule has 0 amide bonds. The van der Waals surface area contributed by atoms with E-state index in [0.29, 0.717) is 11.4 Å². The summed E-state index contributed by atoms with van der Waals surface area (Å²) in [5.41, 5.74) is 0.731. The zero-order valence-electron chi connectivity index (χ0n) is 9.22. The van der Waals surface area contributed by atoms with Gasteiger partial charge in [0.05, 0.1) is 5.56 Å². The van der Waals surface area contributed by atoms with Gasteiger partial charge in [-0.1, -0.05) is 0 Å². The summed E-state index contributed by atoms with van der Waals surface area (Å²) < 4.78 is 13.2. The molecule has 4 nitrogen and oxygen atoms in total. The van der Waals surface area contributed by atoms with Gasteiger partial charge in [-0.15, -0.1) is 0 Å². The largest absolute Gasteiger partial charge is 0.508 e. The molecule has 0 spiro atoms. The quantitative estimate of drug-likeness (QED) is 0.729. The molecule has 18 heavy (non-hydrogen) atoms. The first kappa shape index (κ1) is 11.9. The lowest BCUT2D eigenvalue weighted by atomic mass is 10.2. The Morgan fingerprint density at radius 1 is 1.06 bits per heavy atom. The molecule has 0 heterocycles. The lowest BCUT2D eigenvalue weighted by Gasteiger charge is -2.07. The number of carbonyl (C=O) groups is 1. The smallest absolute Gasteiger partial charge is 0.338 e. The molecule has 0 fully saturated rings. The van der Waals surface area contributed by atoms with Crippen LogP contribution in [0.4, 0.5) is 15.8 Å². The van der Waals surface area contributed by atoms with Crippen molar-refractivity contribution in [3.63, 3.8) is 0 Å². The second-order valence-corrected chi connectivity index (χ2v) is 3.67. The van der Waals surface area contributed by atoms with Crippen LogP contribution in [0.2, 0.25) is 0 Å². The van der Waals surface area contributed by atoms with E-state index >= 15 is 0 Å². The summed E-state index contributed by atoms with van der Waals surface area (Å²) in [6, 6.07) is 9.97. The number of halogens is 1. The predicted octanol–water partition coefficient (Wildman–Crippen LogP) is 2.97. The number of aromatic hydroxyl groups is 1. The van der Waals surface area contributed by atoms with Crippen LogP contribution < -0.4 is 5.32 Å². The van der Waals surface area contributed by atoms with E-state index < -0.39 is 17.3 Å². The molecule has 0 bridgehead atoms. The van der Waals surface area contributed by atoms with Crippen molar-refractivity contribution in [3.8, 4) is 5.75 Å². The molecule has 0 aliphatic rings. The molecule has 92 valence electrons. The number of nitrogens with one attached hydrogen (secondary N) is 1. The number of hydrogen-bond donors (Lipinski definition) is 3. The second kappa shape index (κ2) is 4.75. The second-order valence-electron chi connectivity index (χ2n) is 3.67. The Bertz CT molecular complexity index is 581. The minimum atomic E-state index is -1.32. The number of aromatic carboxylic acids is 1. The van der Waals surface area contributed by atoms with E-state index in [1.807, 2.05) is 0 Å². The minimum absolute atomic E-state index is 0.130. The number of benzene rings is 2. The summed E-state index contributed by atoms with van der Waals surface area (Å²) in [7, 11) is 0. The molecule has 0 atom stereocenters. The van der Waals surface area contributed by atoms with Gasteiger partial charge in [-0.2, -0.15) is 0 Å². The van der Waals surface area contributed by atoms with Crippen LogP contribution in [0.5, 0.6) is 5.75 Å². The summed E-state index contributed by atoms with van der Waals surface area (Å²) in [4.78, 5) is 10.8. The number of carboxylic acids is 1. The van der Waals surface area contributed by atoms with Crippen LogP contribution in [0, 0.1) is 5.82 Å². The van der Waals surface area contributed by atoms with Gasteiger partial charge in [0.15, 0.2) is 0 Å². The fourth-order valence-electron chi connectivity index (χ4n) is 1.48. The summed E-state index contributed by atoms with van der Waals surface area (Å²) >= 11 is 0. The summed E-state index contributed by atoms with van der Waals surface area (Å²) in [5, 5.41) is 20.8. The predicted molar refractivity (Wildman–Crippen MR) is 64.7 cm³/mol. The Hall–Kier alpha value is -2.56. The molecule has 2 aromatic rings. The van der Waals surface area contributed by atoms with E-state index in [1.165, 1.54) is 24.3 Å². The van der Waals surface area contributed by atoms with Gasteiger partial charge in [0.1, 0.15) is 11.6 Å². The van der Waals surface area contributed by atoms with Crippen molar-refractivity contribution in [1.82, 2.24) is 0 Å². The third kappa shape index (κ3) is 2.57. The average molecular weight is 247 g/mol. The molecule has 0 aliphatic carbocycles. The molecule has 0 unspecified atom stereocenters. The lowest BCUT2D eigenvalue weighted by molar-refractivity contribution is 0.0692. The van der Waals surface area contributed by atoms with Gasteiger partial charge in [-0.25, -0.2) is 9.18 Å². The molecule has 2 rings (SSSR count). The zero-order valence-corrected chi connectivity index (χ0v) is 9.22. The van der Waals surface area contributed by atoms with Crippen LogP contribution in [0.15, 0.2) is 42.5 Å². The van der Waals surface area contributed by atoms with Crippen molar-refractivity contribution in [2.24, 2.45) is 0 Å². The Morgan fingerprint density at radius 2 is 1.67 bits per heavy atom. The molecule has 0 aliphatic heterocycles. The van der Waals surface area contributed by atoms with Gasteiger partial charge < -0.3 is 15.5 Å². The highest BCUT2D eigenvalue weighted by atomic mass is 19.1. The third-order valence-electron chi connectivity index (χ3n) is 2.35. The molecule has 0 aromatic heterocycles. The van der Waals surface area contributed by atoms with Crippen LogP contribution >= 0.6 is 0 Å². The Labute approximate surface area is 102 Å². The summed E-state index contributed by atoms with van der Waals surface area (Å²) in [5.74, 6) is -1.97. The normalized spacial score (nSPS) is 10.1. The number of carboxylic acid groups (broad SMARTS) is 1. The fourth-order valence-corrected chi connectivity index (χ4v) is 1.48. The average Bonchev–Trinajstić information content (AvgIpc) is 2.34. The molecular formula is C13H10FNO3. The summed E-state index contributed by atoms with van der Waals surface area (Å²) in [6.45, 7) is 0. The monoisotopic (exact) mass is 247 g/mol. The number of anilines is 2. The van der Waals surface area contributed by atoms with Crippen LogP contribution in [0.1, 0.15) is 10.4 Å². The first-order chi connectivity index (χ1) is 8.56. The highest BCUT2D eigenvalue weighted by Gasteiger charge is 2.10. The van der Waals surface area contributed by atoms with E-state index in [4.69, 9.17) is 10.2 Å². The van der Waals surface area contributed by atoms with Crippen LogP contribution in [0.3, 0.4) is 0 Å². The van der Waals surface area contributed by atoms with Crippen molar-refractivity contribution >= 4 is 17.3 Å². The van der Waals surface area contributed by atoms with Gasteiger partial charge in [0.25, 0.3) is 0 Å². The Kier molecular flexibility index (Phi) is 3.14. The molecule has 0 saturated heterocycles. The van der Waals surface area contributed by atoms with Crippen LogP contribution in [-0.2, 0) is 0 Å². The number of phenolic OH excluding ortho intramolecular Hbond substituents is 1. The molecular weight excluding hydrogens is 237 g/mol. The van der Waals surface area contributed by atoms with Gasteiger partial charge in [-0.3, -0.25) is 0 Å². The SMILES string of the molecule is O=C(O)c1cc(Nc2ccc(O)cc2)ccc1F. The molecule has 0 saturated carbocycles. The number of phenols is 1. The minimum Gasteiger partial charge on any atom is -0.508 e. The maximum Gasteiger partial charge on any atom is 0.338 e. The highest BCUT2D eigenvalue weighted by Crippen LogP contribution is 2.21. The van der Waals surface area contributed by atoms with Crippen molar-refractivity contribution < 1.29 is 19.4 Å². The topological polar surface area (TPSA) is 69.6 Å². The molecule has 2 aromatic carbocycles. The summed E-state index contributed by atoms with van der Waals surface area (Å²) in [6.07, 6.45) is 0. The van der Waals surface area contributed by atoms with Crippen molar-refractivity contribution in [3.05, 3.63) is 53.8 Å². The van der Waals surface area contributed by atoms with Crippen LogP contribution in [-0.4, -0.2) is 16.2 Å². The van der Waals surface area contributed by atoms with E-state index in [2.05, 4.69) is 5.32 Å². The van der Waals surface area contributed by atoms with Crippen molar-refractivity contribution in [2.75, 3.05) is 5.32 Å². The fraction of sp³-hybridized carbons (Fsp3) is 0. The maximum absolute atomic E-state index is 13.2. The lowest BCUT2D eigenvalue weighted by Crippen LogP contribution is -2.01. The van der Waals surface area contributed by atoms with E-state index in [9.17, 15) is 9.18 Å². The Balaban J connectivity index is 2.27. The molecule has 3 N–H and O–H groups in total. The van der Waals surface area contributed by atoms with E-state index in [-0.39, 0.29) is 5.75 Å². The first-order valence-corrected chi connectivity index (χ1v) is 5.15. The van der Waals surface area contributed by atoms with Crippen molar-refractivity contribution in [2.45, 2.75) is 0 Å². The van der Waals surface area contributed by atoms with E-state index in [1.54, 1.807) is 12.1 Å². The zero-order chi connectivity index (χ0) is 13.1. The highest BCUT2D eigenvalue weighted by molar-refractivity contribution is 5.89. The van der Waals surface area contributed by atoms with E-state index in [0.717, 1.165) is 6.07 Å². The standard InChI is InChI=1S/C13H10FNO3/c14-12-6-3-9(7-11(12)13(17)18)15-8-1-4-10(16)5-2-8/h1-7,15-16H,(H,17,18). The molecule has 5 heteroatoms. The van der Waals surface area contributed by atoms with Gasteiger partial charge in [0, 0.05) is 11.4 Å². The van der Waals surface area contributed by atoms with Gasteiger partial charge in [0.2, 0.25) is 0 Å². The van der Waals surface area contributed by atoms with Gasteiger partial charge >= 0.3 is 5.97 Å². The number of hydrogen-bond acceptors (Lipinski definition) is 3. The number of rotatable bonds is 3. The molecule has 0 radical (unpaired) electrons.